The van der Waals surface area contributed by atoms with E-state index in [0.717, 1.165) is 0 Å². The van der Waals surface area contributed by atoms with Gasteiger partial charge in [-0.2, -0.15) is 0 Å². The summed E-state index contributed by atoms with van der Waals surface area (Å²) in [4.78, 5) is 0. The van der Waals surface area contributed by atoms with Gasteiger partial charge in [0, 0.05) is 0 Å². The van der Waals surface area contributed by atoms with Gasteiger partial charge in [-0.15, -0.1) is 0 Å². The molecule has 0 nitrogen and oxygen atoms in total. The molecule has 0 fully saturated rings. The van der Waals surface area contributed by atoms with Crippen molar-refractivity contribution in [3.63, 3.8) is 0 Å². The van der Waals surface area contributed by atoms with Crippen LogP contribution in [0.5, 0.6) is 0 Å². The molecule has 0 heterocycles. The molecule has 20 heavy (non-hydrogen) atoms. The van der Waals surface area contributed by atoms with Crippen LogP contribution in [-0.4, -0.2) is 0 Å². The van der Waals surface area contributed by atoms with Crippen molar-refractivity contribution < 1.29 is 0 Å². The fourth-order valence-electron chi connectivity index (χ4n) is 3.11. The molecule has 0 N–H and O–H groups in total. The third-order valence-electron chi connectivity index (χ3n) is 4.51. The van der Waals surface area contributed by atoms with Crippen LogP contribution in [0.15, 0.2) is 12.2 Å². The van der Waals surface area contributed by atoms with Gasteiger partial charge in [0.25, 0.3) is 0 Å². The Hall–Kier alpha value is -0.260. The SMILES string of the molecule is [CH]1/C=C/CCCCCCCCCCCCCCCCC1. The summed E-state index contributed by atoms with van der Waals surface area (Å²) in [5, 5.41) is 0. The van der Waals surface area contributed by atoms with Crippen LogP contribution in [0, 0.1) is 6.42 Å². The summed E-state index contributed by atoms with van der Waals surface area (Å²) in [5.74, 6) is 0. The van der Waals surface area contributed by atoms with Gasteiger partial charge in [-0.05, 0) is 25.7 Å². The molecule has 0 bridgehead atoms. The van der Waals surface area contributed by atoms with Gasteiger partial charge in [0.2, 0.25) is 0 Å². The molecule has 0 saturated heterocycles. The Kier molecular flexibility index (Phi) is 13.5. The normalized spacial score (nSPS) is 24.8. The van der Waals surface area contributed by atoms with E-state index < -0.39 is 0 Å². The molecule has 1 rings (SSSR count). The zero-order valence-electron chi connectivity index (χ0n) is 13.8. The number of allylic oxidation sites excluding steroid dienone is 2. The lowest BCUT2D eigenvalue weighted by molar-refractivity contribution is 0.530. The number of hydrogen-bond acceptors (Lipinski definition) is 0. The lowest BCUT2D eigenvalue weighted by atomic mass is 10.0. The second-order valence-electron chi connectivity index (χ2n) is 6.54. The highest BCUT2D eigenvalue weighted by atomic mass is 14.0. The molecule has 0 aliphatic heterocycles. The zero-order chi connectivity index (χ0) is 14.1. The van der Waals surface area contributed by atoms with Crippen LogP contribution in [0.1, 0.15) is 109 Å². The fraction of sp³-hybridized carbons (Fsp3) is 0.850. The monoisotopic (exact) mass is 277 g/mol. The Morgan fingerprint density at radius 2 is 0.700 bits per heavy atom. The minimum atomic E-state index is 1.29. The van der Waals surface area contributed by atoms with E-state index in [2.05, 4.69) is 18.6 Å². The highest BCUT2D eigenvalue weighted by Gasteiger charge is 1.95. The summed E-state index contributed by atoms with van der Waals surface area (Å²) >= 11 is 0. The van der Waals surface area contributed by atoms with Crippen LogP contribution in [0.25, 0.3) is 0 Å². The van der Waals surface area contributed by atoms with E-state index in [-0.39, 0.29) is 0 Å². The second-order valence-corrected chi connectivity index (χ2v) is 6.54. The quantitative estimate of drug-likeness (QED) is 0.433. The van der Waals surface area contributed by atoms with Crippen molar-refractivity contribution in [2.45, 2.75) is 109 Å². The molecule has 0 aromatic heterocycles. The third kappa shape index (κ3) is 12.8. The average molecular weight is 278 g/mol. The van der Waals surface area contributed by atoms with Crippen molar-refractivity contribution in [3.05, 3.63) is 18.6 Å². The average Bonchev–Trinajstić information content (AvgIpc) is 2.46. The van der Waals surface area contributed by atoms with Crippen molar-refractivity contribution in [3.8, 4) is 0 Å². The Labute approximate surface area is 128 Å². The predicted molar refractivity (Wildman–Crippen MR) is 91.9 cm³/mol. The maximum absolute atomic E-state index is 2.37. The topological polar surface area (TPSA) is 0 Å². The van der Waals surface area contributed by atoms with Gasteiger partial charge < -0.3 is 0 Å². The van der Waals surface area contributed by atoms with Crippen LogP contribution < -0.4 is 0 Å². The molecule has 0 spiro atoms. The van der Waals surface area contributed by atoms with Gasteiger partial charge >= 0.3 is 0 Å². The van der Waals surface area contributed by atoms with Crippen molar-refractivity contribution in [2.24, 2.45) is 0 Å². The standard InChI is InChI=1S/C20H37/c1-2-4-6-8-10-12-14-16-18-20-19-17-15-13-11-9-7-5-3-1/h1-3H,4-20H2/b2-1+. The highest BCUT2D eigenvalue weighted by molar-refractivity contribution is 4.94. The Morgan fingerprint density at radius 1 is 0.350 bits per heavy atom. The summed E-state index contributed by atoms with van der Waals surface area (Å²) < 4.78 is 0. The lowest BCUT2D eigenvalue weighted by Gasteiger charge is -2.04. The first kappa shape index (κ1) is 17.8. The lowest BCUT2D eigenvalue weighted by Crippen LogP contribution is -1.84. The van der Waals surface area contributed by atoms with Gasteiger partial charge in [0.15, 0.2) is 0 Å². The molecule has 0 unspecified atom stereocenters. The first-order chi connectivity index (χ1) is 10.0. The zero-order valence-corrected chi connectivity index (χ0v) is 13.8. The summed E-state index contributed by atoms with van der Waals surface area (Å²) in [6.07, 6.45) is 31.5. The molecular formula is C20H37. The maximum Gasteiger partial charge on any atom is -0.0171 e. The van der Waals surface area contributed by atoms with Crippen molar-refractivity contribution in [1.29, 1.82) is 0 Å². The minimum Gasteiger partial charge on any atom is -0.0882 e. The highest BCUT2D eigenvalue weighted by Crippen LogP contribution is 2.14. The predicted octanol–water partition coefficient (Wildman–Crippen LogP) is 7.39. The molecule has 117 valence electrons. The molecule has 0 heteroatoms. The first-order valence-electron chi connectivity index (χ1n) is 9.48. The van der Waals surface area contributed by atoms with E-state index in [1.807, 2.05) is 0 Å². The second kappa shape index (κ2) is 15.1. The molecule has 0 amide bonds. The van der Waals surface area contributed by atoms with Gasteiger partial charge in [0.1, 0.15) is 0 Å². The Morgan fingerprint density at radius 3 is 1.15 bits per heavy atom. The largest absolute Gasteiger partial charge is 0.0882 e. The number of rotatable bonds is 0. The first-order valence-corrected chi connectivity index (χ1v) is 9.48. The van der Waals surface area contributed by atoms with Crippen molar-refractivity contribution in [2.75, 3.05) is 0 Å². The van der Waals surface area contributed by atoms with Crippen LogP contribution in [-0.2, 0) is 0 Å². The molecule has 1 radical (unpaired) electrons. The molecule has 1 aliphatic carbocycles. The third-order valence-corrected chi connectivity index (χ3v) is 4.51. The molecule has 0 aromatic rings. The minimum absolute atomic E-state index is 1.29. The molecule has 0 saturated carbocycles. The molecule has 0 aromatic carbocycles. The van der Waals surface area contributed by atoms with E-state index in [1.165, 1.54) is 109 Å². The van der Waals surface area contributed by atoms with Gasteiger partial charge in [-0.1, -0.05) is 102 Å². The van der Waals surface area contributed by atoms with Crippen molar-refractivity contribution in [1.82, 2.24) is 0 Å². The smallest absolute Gasteiger partial charge is 0.0171 e. The van der Waals surface area contributed by atoms with Crippen LogP contribution >= 0.6 is 0 Å². The summed E-state index contributed by atoms with van der Waals surface area (Å²) in [5.41, 5.74) is 0. The van der Waals surface area contributed by atoms with Crippen LogP contribution in [0.3, 0.4) is 0 Å². The van der Waals surface area contributed by atoms with E-state index in [9.17, 15) is 0 Å². The molecule has 1 aliphatic rings. The maximum atomic E-state index is 2.37. The van der Waals surface area contributed by atoms with Gasteiger partial charge in [0.05, 0.1) is 0 Å². The summed E-state index contributed by atoms with van der Waals surface area (Å²) in [7, 11) is 0. The van der Waals surface area contributed by atoms with Crippen molar-refractivity contribution >= 4 is 0 Å². The van der Waals surface area contributed by atoms with E-state index in [4.69, 9.17) is 0 Å². The van der Waals surface area contributed by atoms with E-state index in [0.29, 0.717) is 0 Å². The van der Waals surface area contributed by atoms with E-state index >= 15 is 0 Å². The van der Waals surface area contributed by atoms with Gasteiger partial charge in [-0.25, -0.2) is 0 Å². The van der Waals surface area contributed by atoms with Crippen LogP contribution in [0.4, 0.5) is 0 Å². The Bertz CT molecular complexity index is 182. The fourth-order valence-corrected chi connectivity index (χ4v) is 3.11. The van der Waals surface area contributed by atoms with Crippen LogP contribution in [0.2, 0.25) is 0 Å². The summed E-state index contributed by atoms with van der Waals surface area (Å²) in [6.45, 7) is 0. The number of hydrogen-bond donors (Lipinski definition) is 0. The van der Waals surface area contributed by atoms with E-state index in [1.54, 1.807) is 0 Å². The molecular weight excluding hydrogens is 240 g/mol. The summed E-state index contributed by atoms with van der Waals surface area (Å²) in [6, 6.07) is 0. The molecule has 0 atom stereocenters. The van der Waals surface area contributed by atoms with Gasteiger partial charge in [-0.3, -0.25) is 0 Å². The Balaban J connectivity index is 2.06.